The Morgan fingerprint density at radius 2 is 1.78 bits per heavy atom. The molecule has 13 nitrogen and oxygen atoms in total. The molecule has 0 radical (unpaired) electrons. The average Bonchev–Trinajstić information content (AvgIpc) is 2.90. The van der Waals surface area contributed by atoms with Crippen molar-refractivity contribution in [1.82, 2.24) is 19.4 Å². The second kappa shape index (κ2) is 13.0. The van der Waals surface area contributed by atoms with Gasteiger partial charge in [-0.25, -0.2) is 23.4 Å². The van der Waals surface area contributed by atoms with E-state index in [1.165, 1.54) is 20.1 Å². The van der Waals surface area contributed by atoms with Crippen molar-refractivity contribution in [1.29, 1.82) is 5.41 Å². The van der Waals surface area contributed by atoms with Crippen LogP contribution in [-0.2, 0) is 24.2 Å². The number of amides is 1. The number of halogens is 1. The van der Waals surface area contributed by atoms with Crippen molar-refractivity contribution in [2.45, 2.75) is 70.8 Å². The van der Waals surface area contributed by atoms with Crippen molar-refractivity contribution in [2.75, 3.05) is 20.3 Å². The van der Waals surface area contributed by atoms with Gasteiger partial charge in [0, 0.05) is 16.9 Å². The number of benzene rings is 1. The zero-order chi connectivity index (χ0) is 30.7. The number of nitrogens with two attached hydrogens (primary N) is 1. The Balaban J connectivity index is 2.16. The SMILES string of the molecule is COc1ccc(Br)c(C(=O)N(C2COC(C)(C)OC2)N(C(=N)N)S(=O)(=O)[C@@H](C)[C@@H](OC(C)C)c2ncc(C)cn2)c1. The Morgan fingerprint density at radius 1 is 1.20 bits per heavy atom. The number of nitrogens with one attached hydrogen (secondary N) is 1. The molecule has 0 spiro atoms. The van der Waals surface area contributed by atoms with Gasteiger partial charge in [-0.15, -0.1) is 4.41 Å². The molecule has 2 heterocycles. The van der Waals surface area contributed by atoms with Crippen molar-refractivity contribution in [3.8, 4) is 5.75 Å². The Labute approximate surface area is 249 Å². The quantitative estimate of drug-likeness (QED) is 0.232. The van der Waals surface area contributed by atoms with E-state index < -0.39 is 51.2 Å². The van der Waals surface area contributed by atoms with Gasteiger partial charge in [0.25, 0.3) is 15.9 Å². The molecule has 2 atom stereocenters. The lowest BCUT2D eigenvalue weighted by molar-refractivity contribution is -0.265. The number of aromatic nitrogens is 2. The van der Waals surface area contributed by atoms with Gasteiger partial charge in [-0.3, -0.25) is 10.2 Å². The van der Waals surface area contributed by atoms with Crippen LogP contribution in [0.5, 0.6) is 5.75 Å². The standard InChI is InChI=1S/C26H37BrN6O7S/c1-15(2)40-22(23-30-11-16(3)12-31-23)17(4)41(35,36)33(25(28)29)32(18-13-38-26(5,6)39-14-18)24(34)20-10-19(37-7)8-9-21(20)27/h8-12,15,17-18,22H,13-14H2,1-7H3,(H3,28,29)/t17-,22+/m0/s1. The van der Waals surface area contributed by atoms with Gasteiger partial charge in [-0.2, -0.15) is 0 Å². The van der Waals surface area contributed by atoms with E-state index in [0.29, 0.717) is 14.6 Å². The number of guanidine groups is 1. The van der Waals surface area contributed by atoms with Gasteiger partial charge in [0.05, 0.1) is 32.0 Å². The minimum atomic E-state index is -4.64. The third kappa shape index (κ3) is 7.52. The number of methoxy groups -OCH3 is 1. The molecule has 0 bridgehead atoms. The number of carbonyl (C=O) groups is 1. The normalized spacial score (nSPS) is 17.1. The molecule has 226 valence electrons. The van der Waals surface area contributed by atoms with E-state index >= 15 is 0 Å². The summed E-state index contributed by atoms with van der Waals surface area (Å²) in [5, 5.41) is 7.87. The molecule has 1 aliphatic rings. The molecule has 1 saturated heterocycles. The number of carbonyl (C=O) groups excluding carboxylic acids is 1. The number of hydrogen-bond acceptors (Lipinski definition) is 10. The van der Waals surface area contributed by atoms with E-state index in [1.807, 2.05) is 0 Å². The Bertz CT molecular complexity index is 1350. The average molecular weight is 658 g/mol. The fraction of sp³-hybridized carbons (Fsp3) is 0.538. The summed E-state index contributed by atoms with van der Waals surface area (Å²) in [7, 11) is -3.20. The Hall–Kier alpha value is -2.85. The first-order valence-corrected chi connectivity index (χ1v) is 15.2. The Kier molecular flexibility index (Phi) is 10.3. The molecule has 3 rings (SSSR count). The van der Waals surface area contributed by atoms with Crippen LogP contribution >= 0.6 is 15.9 Å². The van der Waals surface area contributed by atoms with Gasteiger partial charge < -0.3 is 24.7 Å². The molecule has 1 fully saturated rings. The maximum absolute atomic E-state index is 14.3. The van der Waals surface area contributed by atoms with Gasteiger partial charge in [-0.05, 0) is 81.2 Å². The van der Waals surface area contributed by atoms with E-state index in [9.17, 15) is 13.2 Å². The van der Waals surface area contributed by atoms with E-state index in [4.69, 9.17) is 30.1 Å². The highest BCUT2D eigenvalue weighted by Crippen LogP contribution is 2.32. The van der Waals surface area contributed by atoms with E-state index in [1.54, 1.807) is 59.1 Å². The maximum atomic E-state index is 14.3. The molecule has 1 amide bonds. The molecule has 3 N–H and O–H groups in total. The second-order valence-electron chi connectivity index (χ2n) is 10.3. The molecule has 2 aromatic rings. The van der Waals surface area contributed by atoms with Gasteiger partial charge in [-0.1, -0.05) is 0 Å². The van der Waals surface area contributed by atoms with Gasteiger partial charge in [0.1, 0.15) is 23.1 Å². The number of sulfonamides is 1. The van der Waals surface area contributed by atoms with Crippen molar-refractivity contribution >= 4 is 37.8 Å². The number of hydrazine groups is 1. The zero-order valence-corrected chi connectivity index (χ0v) is 26.5. The van der Waals surface area contributed by atoms with Gasteiger partial charge in [0.15, 0.2) is 11.6 Å². The predicted octanol–water partition coefficient (Wildman–Crippen LogP) is 3.14. The summed E-state index contributed by atoms with van der Waals surface area (Å²) in [5.74, 6) is -2.17. The lowest BCUT2D eigenvalue weighted by Gasteiger charge is -2.44. The summed E-state index contributed by atoms with van der Waals surface area (Å²) in [6.45, 7) is 9.89. The topological polar surface area (TPSA) is 170 Å². The molecule has 0 saturated carbocycles. The van der Waals surface area contributed by atoms with Gasteiger partial charge in [0.2, 0.25) is 5.96 Å². The molecule has 0 aliphatic carbocycles. The minimum Gasteiger partial charge on any atom is -0.497 e. The third-order valence-corrected chi connectivity index (χ3v) is 8.95. The number of rotatable bonds is 9. The van der Waals surface area contributed by atoms with Crippen LogP contribution in [0.3, 0.4) is 0 Å². The summed E-state index contributed by atoms with van der Waals surface area (Å²) in [6.07, 6.45) is 1.55. The van der Waals surface area contributed by atoms with E-state index in [-0.39, 0.29) is 24.6 Å². The summed E-state index contributed by atoms with van der Waals surface area (Å²) in [6, 6.07) is 3.71. The van der Waals surface area contributed by atoms with Crippen LogP contribution in [0.25, 0.3) is 0 Å². The van der Waals surface area contributed by atoms with Crippen LogP contribution in [0.1, 0.15) is 62.5 Å². The number of hydrogen-bond donors (Lipinski definition) is 2. The number of ether oxygens (including phenoxy) is 4. The fourth-order valence-corrected chi connectivity index (χ4v) is 6.01. The zero-order valence-electron chi connectivity index (χ0n) is 24.1. The molecule has 1 aliphatic heterocycles. The largest absolute Gasteiger partial charge is 0.497 e. The molecular weight excluding hydrogens is 620 g/mol. The van der Waals surface area contributed by atoms with Crippen molar-refractivity contribution < 1.29 is 32.2 Å². The number of nitrogens with zero attached hydrogens (tertiary/aromatic N) is 4. The molecule has 0 unspecified atom stereocenters. The summed E-state index contributed by atoms with van der Waals surface area (Å²) >= 11 is 3.37. The summed E-state index contributed by atoms with van der Waals surface area (Å²) < 4.78 is 52.4. The highest BCUT2D eigenvalue weighted by molar-refractivity contribution is 9.10. The van der Waals surface area contributed by atoms with E-state index in [2.05, 4.69) is 25.9 Å². The predicted molar refractivity (Wildman–Crippen MR) is 155 cm³/mol. The van der Waals surface area contributed by atoms with Crippen LogP contribution in [0, 0.1) is 12.3 Å². The molecular formula is C26H37BrN6O7S. The Morgan fingerprint density at radius 3 is 2.29 bits per heavy atom. The van der Waals surface area contributed by atoms with Crippen LogP contribution in [0.4, 0.5) is 0 Å². The fourth-order valence-electron chi connectivity index (χ4n) is 4.05. The minimum absolute atomic E-state index is 0.0696. The van der Waals surface area contributed by atoms with Crippen LogP contribution in [0.2, 0.25) is 0 Å². The first kappa shape index (κ1) is 32.7. The van der Waals surface area contributed by atoms with Crippen LogP contribution in [0.15, 0.2) is 35.1 Å². The lowest BCUT2D eigenvalue weighted by Crippen LogP contribution is -2.64. The number of aryl methyl sites for hydroxylation is 1. The molecule has 41 heavy (non-hydrogen) atoms. The summed E-state index contributed by atoms with van der Waals surface area (Å²) in [4.78, 5) is 22.8. The summed E-state index contributed by atoms with van der Waals surface area (Å²) in [5.41, 5.74) is 6.78. The lowest BCUT2D eigenvalue weighted by atomic mass is 10.1. The van der Waals surface area contributed by atoms with Crippen molar-refractivity contribution in [3.05, 3.63) is 52.0 Å². The smallest absolute Gasteiger partial charge is 0.275 e. The monoisotopic (exact) mass is 656 g/mol. The highest BCUT2D eigenvalue weighted by Gasteiger charge is 2.47. The van der Waals surface area contributed by atoms with Crippen molar-refractivity contribution in [3.63, 3.8) is 0 Å². The van der Waals surface area contributed by atoms with Crippen LogP contribution < -0.4 is 10.5 Å². The first-order chi connectivity index (χ1) is 19.1. The molecule has 1 aromatic carbocycles. The second-order valence-corrected chi connectivity index (χ2v) is 13.2. The van der Waals surface area contributed by atoms with Crippen molar-refractivity contribution in [2.24, 2.45) is 5.73 Å². The van der Waals surface area contributed by atoms with Crippen LogP contribution in [-0.4, -0.2) is 83.2 Å². The van der Waals surface area contributed by atoms with E-state index in [0.717, 1.165) is 10.6 Å². The molecule has 1 aromatic heterocycles. The first-order valence-electron chi connectivity index (χ1n) is 12.9. The highest BCUT2D eigenvalue weighted by atomic mass is 79.9. The van der Waals surface area contributed by atoms with Gasteiger partial charge >= 0.3 is 0 Å². The maximum Gasteiger partial charge on any atom is 0.275 e. The molecule has 15 heteroatoms. The third-order valence-electron chi connectivity index (χ3n) is 6.22.